The van der Waals surface area contributed by atoms with Gasteiger partial charge in [-0.25, -0.2) is 0 Å². The van der Waals surface area contributed by atoms with Crippen molar-refractivity contribution in [3.8, 4) is 0 Å². The standard InChI is InChI=1S/C11H11N3O2S/c1-7(15)12-11-13-10(16)9(14(11)2)6-8-4-3-5-17-8/h3-6H,1-2H3,(H,12,13,15,16)/b9-6+. The Hall–Kier alpha value is -1.95. The Morgan fingerprint density at radius 3 is 2.94 bits per heavy atom. The summed E-state index contributed by atoms with van der Waals surface area (Å²) in [5.74, 6) is -0.323. The SMILES string of the molecule is CC(=O)NC1=NC(=O)/C(=C\c2cccs2)N1C. The molecule has 2 heterocycles. The van der Waals surface area contributed by atoms with E-state index in [1.807, 2.05) is 17.5 Å². The second-order valence-corrected chi connectivity index (χ2v) is 4.51. The molecule has 0 fully saturated rings. The average molecular weight is 249 g/mol. The van der Waals surface area contributed by atoms with E-state index >= 15 is 0 Å². The van der Waals surface area contributed by atoms with Crippen LogP contribution in [-0.4, -0.2) is 29.7 Å². The first-order valence-corrected chi connectivity index (χ1v) is 5.85. The minimum absolute atomic E-state index is 0.249. The van der Waals surface area contributed by atoms with Crippen molar-refractivity contribution in [2.45, 2.75) is 6.92 Å². The number of hydrogen-bond acceptors (Lipinski definition) is 4. The largest absolute Gasteiger partial charge is 0.310 e. The monoisotopic (exact) mass is 249 g/mol. The molecular formula is C11H11N3O2S. The molecular weight excluding hydrogens is 238 g/mol. The van der Waals surface area contributed by atoms with Crippen molar-refractivity contribution in [2.75, 3.05) is 7.05 Å². The van der Waals surface area contributed by atoms with Gasteiger partial charge in [0.1, 0.15) is 5.70 Å². The number of carbonyl (C=O) groups is 2. The van der Waals surface area contributed by atoms with E-state index in [1.165, 1.54) is 18.3 Å². The number of carbonyl (C=O) groups excluding carboxylic acids is 2. The van der Waals surface area contributed by atoms with E-state index in [0.717, 1.165) is 4.88 Å². The molecule has 1 aliphatic rings. The third kappa shape index (κ3) is 2.42. The van der Waals surface area contributed by atoms with Gasteiger partial charge in [-0.2, -0.15) is 4.99 Å². The van der Waals surface area contributed by atoms with E-state index in [2.05, 4.69) is 10.3 Å². The van der Waals surface area contributed by atoms with Crippen molar-refractivity contribution >= 4 is 35.2 Å². The van der Waals surface area contributed by atoms with E-state index in [1.54, 1.807) is 18.0 Å². The zero-order chi connectivity index (χ0) is 12.4. The highest BCUT2D eigenvalue weighted by Crippen LogP contribution is 2.19. The van der Waals surface area contributed by atoms with Gasteiger partial charge in [-0.3, -0.25) is 14.9 Å². The fourth-order valence-corrected chi connectivity index (χ4v) is 2.07. The lowest BCUT2D eigenvalue weighted by Crippen LogP contribution is -2.37. The van der Waals surface area contributed by atoms with E-state index in [-0.39, 0.29) is 17.8 Å². The van der Waals surface area contributed by atoms with Crippen LogP contribution in [0.5, 0.6) is 0 Å². The molecule has 17 heavy (non-hydrogen) atoms. The fourth-order valence-electron chi connectivity index (χ4n) is 1.42. The Morgan fingerprint density at radius 2 is 2.35 bits per heavy atom. The summed E-state index contributed by atoms with van der Waals surface area (Å²) in [7, 11) is 1.69. The maximum atomic E-state index is 11.7. The van der Waals surface area contributed by atoms with Crippen molar-refractivity contribution in [1.82, 2.24) is 10.2 Å². The summed E-state index contributed by atoms with van der Waals surface area (Å²) in [6.07, 6.45) is 1.76. The van der Waals surface area contributed by atoms with Gasteiger partial charge in [0.15, 0.2) is 0 Å². The summed E-state index contributed by atoms with van der Waals surface area (Å²) in [5, 5.41) is 4.44. The highest BCUT2D eigenvalue weighted by molar-refractivity contribution is 7.10. The van der Waals surface area contributed by atoms with Gasteiger partial charge < -0.3 is 4.90 Å². The molecule has 0 unspecified atom stereocenters. The zero-order valence-electron chi connectivity index (χ0n) is 9.43. The number of likely N-dealkylation sites (N-methyl/N-ethyl adjacent to an activating group) is 1. The van der Waals surface area contributed by atoms with Gasteiger partial charge in [-0.15, -0.1) is 11.3 Å². The molecule has 0 radical (unpaired) electrons. The molecule has 2 rings (SSSR count). The molecule has 1 aliphatic heterocycles. The smallest absolute Gasteiger partial charge is 0.296 e. The second kappa shape index (κ2) is 4.50. The molecule has 0 spiro atoms. The third-order valence-corrected chi connectivity index (χ3v) is 3.03. The molecule has 1 aromatic rings. The van der Waals surface area contributed by atoms with Crippen LogP contribution in [-0.2, 0) is 9.59 Å². The van der Waals surface area contributed by atoms with Crippen LogP contribution in [0.4, 0.5) is 0 Å². The summed E-state index contributed by atoms with van der Waals surface area (Å²) in [6.45, 7) is 1.38. The molecule has 0 saturated carbocycles. The molecule has 5 nitrogen and oxygen atoms in total. The lowest BCUT2D eigenvalue weighted by Gasteiger charge is -2.14. The molecule has 2 amide bonds. The van der Waals surface area contributed by atoms with Crippen molar-refractivity contribution in [3.63, 3.8) is 0 Å². The Kier molecular flexibility index (Phi) is 3.06. The second-order valence-electron chi connectivity index (χ2n) is 3.53. The summed E-state index contributed by atoms with van der Waals surface area (Å²) in [5.41, 5.74) is 0.455. The number of amides is 2. The minimum Gasteiger partial charge on any atom is -0.310 e. The molecule has 6 heteroatoms. The number of nitrogens with zero attached hydrogens (tertiary/aromatic N) is 2. The van der Waals surface area contributed by atoms with Crippen molar-refractivity contribution < 1.29 is 9.59 Å². The van der Waals surface area contributed by atoms with Crippen LogP contribution >= 0.6 is 11.3 Å². The molecule has 0 bridgehead atoms. The highest BCUT2D eigenvalue weighted by atomic mass is 32.1. The van der Waals surface area contributed by atoms with Crippen molar-refractivity contribution in [3.05, 3.63) is 28.1 Å². The summed E-state index contributed by atoms with van der Waals surface area (Å²) >= 11 is 1.54. The molecule has 0 aliphatic carbocycles. The van der Waals surface area contributed by atoms with Gasteiger partial charge in [0.2, 0.25) is 11.9 Å². The van der Waals surface area contributed by atoms with Crippen LogP contribution in [0.2, 0.25) is 0 Å². The van der Waals surface area contributed by atoms with Gasteiger partial charge in [0.25, 0.3) is 5.91 Å². The van der Waals surface area contributed by atoms with E-state index in [4.69, 9.17) is 0 Å². The Balaban J connectivity index is 2.24. The van der Waals surface area contributed by atoms with Crippen LogP contribution in [0, 0.1) is 0 Å². The number of hydrogen-bond donors (Lipinski definition) is 1. The predicted molar refractivity (Wildman–Crippen MR) is 66.3 cm³/mol. The predicted octanol–water partition coefficient (Wildman–Crippen LogP) is 1.05. The normalized spacial score (nSPS) is 17.5. The minimum atomic E-state index is -0.343. The van der Waals surface area contributed by atoms with Gasteiger partial charge in [-0.05, 0) is 17.5 Å². The van der Waals surface area contributed by atoms with Crippen LogP contribution in [0.1, 0.15) is 11.8 Å². The van der Waals surface area contributed by atoms with Crippen LogP contribution < -0.4 is 5.32 Å². The molecule has 1 aromatic heterocycles. The van der Waals surface area contributed by atoms with E-state index in [9.17, 15) is 9.59 Å². The first kappa shape index (κ1) is 11.5. The van der Waals surface area contributed by atoms with Crippen molar-refractivity contribution in [1.29, 1.82) is 0 Å². The van der Waals surface area contributed by atoms with Gasteiger partial charge in [-0.1, -0.05) is 6.07 Å². The number of rotatable bonds is 1. The fraction of sp³-hybridized carbons (Fsp3) is 0.182. The third-order valence-electron chi connectivity index (χ3n) is 2.22. The number of thiophene rings is 1. The van der Waals surface area contributed by atoms with Crippen molar-refractivity contribution in [2.24, 2.45) is 4.99 Å². The lowest BCUT2D eigenvalue weighted by atomic mass is 10.3. The quantitative estimate of drug-likeness (QED) is 0.757. The van der Waals surface area contributed by atoms with E-state index in [0.29, 0.717) is 5.70 Å². The van der Waals surface area contributed by atoms with Crippen LogP contribution in [0.25, 0.3) is 6.08 Å². The number of aliphatic imine (C=N–C) groups is 1. The Morgan fingerprint density at radius 1 is 1.59 bits per heavy atom. The van der Waals surface area contributed by atoms with Crippen LogP contribution in [0.15, 0.2) is 28.2 Å². The summed E-state index contributed by atoms with van der Waals surface area (Å²) in [6, 6.07) is 3.82. The maximum Gasteiger partial charge on any atom is 0.296 e. The lowest BCUT2D eigenvalue weighted by molar-refractivity contribution is -0.117. The molecule has 1 N–H and O–H groups in total. The molecule has 0 atom stereocenters. The summed E-state index contributed by atoms with van der Waals surface area (Å²) in [4.78, 5) is 28.9. The maximum absolute atomic E-state index is 11.7. The summed E-state index contributed by atoms with van der Waals surface area (Å²) < 4.78 is 0. The first-order chi connectivity index (χ1) is 8.08. The Bertz CT molecular complexity index is 517. The Labute approximate surface area is 102 Å². The number of nitrogens with one attached hydrogen (secondary N) is 1. The highest BCUT2D eigenvalue weighted by Gasteiger charge is 2.26. The van der Waals surface area contributed by atoms with Crippen LogP contribution in [0.3, 0.4) is 0 Å². The molecule has 0 saturated heterocycles. The van der Waals surface area contributed by atoms with Gasteiger partial charge in [0.05, 0.1) is 0 Å². The average Bonchev–Trinajstić information content (AvgIpc) is 2.83. The topological polar surface area (TPSA) is 61.8 Å². The van der Waals surface area contributed by atoms with E-state index < -0.39 is 0 Å². The zero-order valence-corrected chi connectivity index (χ0v) is 10.2. The first-order valence-electron chi connectivity index (χ1n) is 4.97. The van der Waals surface area contributed by atoms with Gasteiger partial charge >= 0.3 is 0 Å². The number of guanidine groups is 1. The molecule has 88 valence electrons. The van der Waals surface area contributed by atoms with Gasteiger partial charge in [0, 0.05) is 18.8 Å². The molecule has 0 aromatic carbocycles.